The molecular formula is C20H19N5O2. The summed E-state index contributed by atoms with van der Waals surface area (Å²) in [6.45, 7) is 0. The van der Waals surface area contributed by atoms with Crippen molar-refractivity contribution in [3.63, 3.8) is 0 Å². The number of anilines is 1. The lowest BCUT2D eigenvalue weighted by molar-refractivity contribution is 0.396. The summed E-state index contributed by atoms with van der Waals surface area (Å²) < 4.78 is 6.38. The normalized spacial score (nSPS) is 11.6. The first-order chi connectivity index (χ1) is 13.0. The molecule has 3 rings (SSSR count). The third-order valence-electron chi connectivity index (χ3n) is 4.26. The molecule has 136 valence electrons. The Labute approximate surface area is 156 Å². The first-order valence-corrected chi connectivity index (χ1v) is 8.26. The van der Waals surface area contributed by atoms with Crippen molar-refractivity contribution in [1.82, 2.24) is 19.5 Å². The van der Waals surface area contributed by atoms with Crippen molar-refractivity contribution in [2.75, 3.05) is 12.8 Å². The van der Waals surface area contributed by atoms with Crippen LogP contribution in [0.15, 0.2) is 47.5 Å². The molecule has 0 spiro atoms. The third kappa shape index (κ3) is 3.96. The number of nitrogens with two attached hydrogens (primary N) is 1. The van der Waals surface area contributed by atoms with Gasteiger partial charge >= 0.3 is 0 Å². The maximum Gasteiger partial charge on any atom is 0.254 e. The van der Waals surface area contributed by atoms with Crippen molar-refractivity contribution in [3.05, 3.63) is 64.3 Å². The smallest absolute Gasteiger partial charge is 0.254 e. The van der Waals surface area contributed by atoms with Crippen molar-refractivity contribution < 1.29 is 4.74 Å². The van der Waals surface area contributed by atoms with Crippen LogP contribution in [0, 0.1) is 12.3 Å². The molecule has 2 N–H and O–H groups in total. The molecule has 2 heterocycles. The maximum absolute atomic E-state index is 11.9. The monoisotopic (exact) mass is 361 g/mol. The van der Waals surface area contributed by atoms with E-state index in [4.69, 9.17) is 16.9 Å². The molecule has 0 fully saturated rings. The Kier molecular flexibility index (Phi) is 5.18. The van der Waals surface area contributed by atoms with Gasteiger partial charge in [0.05, 0.1) is 36.8 Å². The SMILES string of the molecule is C#CC(Cc1ccc(-c2cncc(OC)n2)cc1)c1cc(=O)n(C)c(N)n1. The molecule has 0 amide bonds. The van der Waals surface area contributed by atoms with Crippen LogP contribution in [-0.4, -0.2) is 26.6 Å². The highest BCUT2D eigenvalue weighted by Gasteiger charge is 2.14. The highest BCUT2D eigenvalue weighted by atomic mass is 16.5. The first kappa shape index (κ1) is 18.1. The number of rotatable bonds is 5. The van der Waals surface area contributed by atoms with E-state index in [1.807, 2.05) is 24.3 Å². The summed E-state index contributed by atoms with van der Waals surface area (Å²) in [5.74, 6) is 2.95. The molecule has 0 aliphatic rings. The summed E-state index contributed by atoms with van der Waals surface area (Å²) in [5, 5.41) is 0. The lowest BCUT2D eigenvalue weighted by Gasteiger charge is -2.12. The quantitative estimate of drug-likeness (QED) is 0.696. The van der Waals surface area contributed by atoms with Crippen molar-refractivity contribution in [3.8, 4) is 29.5 Å². The summed E-state index contributed by atoms with van der Waals surface area (Å²) in [6.07, 6.45) is 9.44. The van der Waals surface area contributed by atoms with Gasteiger partial charge in [-0.2, -0.15) is 0 Å². The molecule has 0 aliphatic heterocycles. The number of nitrogen functional groups attached to an aromatic ring is 1. The number of hydrogen-bond acceptors (Lipinski definition) is 6. The van der Waals surface area contributed by atoms with E-state index in [1.165, 1.54) is 10.6 Å². The van der Waals surface area contributed by atoms with Gasteiger partial charge in [0, 0.05) is 18.7 Å². The summed E-state index contributed by atoms with van der Waals surface area (Å²) >= 11 is 0. The van der Waals surface area contributed by atoms with Gasteiger partial charge in [0.1, 0.15) is 0 Å². The molecule has 0 bridgehead atoms. The fourth-order valence-electron chi connectivity index (χ4n) is 2.64. The number of hydrogen-bond donors (Lipinski definition) is 1. The number of ether oxygens (including phenoxy) is 1. The van der Waals surface area contributed by atoms with Gasteiger partial charge in [0.2, 0.25) is 11.8 Å². The van der Waals surface area contributed by atoms with Gasteiger partial charge in [-0.25, -0.2) is 9.97 Å². The molecule has 2 aromatic heterocycles. The summed E-state index contributed by atoms with van der Waals surface area (Å²) in [6, 6.07) is 9.24. The van der Waals surface area contributed by atoms with E-state index in [0.717, 1.165) is 16.8 Å². The number of terminal acetylenes is 1. The number of methoxy groups -OCH3 is 1. The summed E-state index contributed by atoms with van der Waals surface area (Å²) in [7, 11) is 3.12. The Balaban J connectivity index is 1.83. The van der Waals surface area contributed by atoms with Crippen molar-refractivity contribution in [2.45, 2.75) is 12.3 Å². The molecular weight excluding hydrogens is 342 g/mol. The van der Waals surface area contributed by atoms with E-state index in [0.29, 0.717) is 18.0 Å². The van der Waals surface area contributed by atoms with Crippen LogP contribution < -0.4 is 16.0 Å². The molecule has 0 saturated heterocycles. The molecule has 7 nitrogen and oxygen atoms in total. The fraction of sp³-hybridized carbons (Fsp3) is 0.200. The largest absolute Gasteiger partial charge is 0.480 e. The average molecular weight is 361 g/mol. The average Bonchev–Trinajstić information content (AvgIpc) is 2.70. The summed E-state index contributed by atoms with van der Waals surface area (Å²) in [5.41, 5.74) is 8.69. The predicted octanol–water partition coefficient (Wildman–Crippen LogP) is 1.79. The highest BCUT2D eigenvalue weighted by molar-refractivity contribution is 5.59. The van der Waals surface area contributed by atoms with E-state index in [-0.39, 0.29) is 17.4 Å². The Hall–Kier alpha value is -3.66. The van der Waals surface area contributed by atoms with Crippen LogP contribution in [0.2, 0.25) is 0 Å². The van der Waals surface area contributed by atoms with E-state index in [1.54, 1.807) is 26.6 Å². The van der Waals surface area contributed by atoms with Gasteiger partial charge in [-0.05, 0) is 12.0 Å². The van der Waals surface area contributed by atoms with Crippen LogP contribution in [0.5, 0.6) is 5.88 Å². The van der Waals surface area contributed by atoms with E-state index in [9.17, 15) is 4.79 Å². The third-order valence-corrected chi connectivity index (χ3v) is 4.26. The predicted molar refractivity (Wildman–Crippen MR) is 103 cm³/mol. The minimum absolute atomic E-state index is 0.143. The van der Waals surface area contributed by atoms with Crippen LogP contribution in [-0.2, 0) is 13.5 Å². The number of nitrogens with zero attached hydrogens (tertiary/aromatic N) is 4. The van der Waals surface area contributed by atoms with Gasteiger partial charge in [-0.3, -0.25) is 14.3 Å². The van der Waals surface area contributed by atoms with Gasteiger partial charge < -0.3 is 10.5 Å². The van der Waals surface area contributed by atoms with Crippen LogP contribution in [0.25, 0.3) is 11.3 Å². The molecule has 0 aliphatic carbocycles. The van der Waals surface area contributed by atoms with Gasteiger partial charge in [0.15, 0.2) is 0 Å². The second kappa shape index (κ2) is 7.70. The van der Waals surface area contributed by atoms with Gasteiger partial charge in [-0.15, -0.1) is 6.42 Å². The molecule has 1 aromatic carbocycles. The minimum atomic E-state index is -0.344. The maximum atomic E-state index is 11.9. The zero-order valence-corrected chi connectivity index (χ0v) is 15.1. The van der Waals surface area contributed by atoms with Gasteiger partial charge in [-0.1, -0.05) is 30.2 Å². The first-order valence-electron chi connectivity index (χ1n) is 8.26. The highest BCUT2D eigenvalue weighted by Crippen LogP contribution is 2.22. The minimum Gasteiger partial charge on any atom is -0.480 e. The van der Waals surface area contributed by atoms with Crippen molar-refractivity contribution in [2.24, 2.45) is 7.05 Å². The van der Waals surface area contributed by atoms with Crippen LogP contribution >= 0.6 is 0 Å². The second-order valence-electron chi connectivity index (χ2n) is 6.00. The molecule has 0 saturated carbocycles. The molecule has 0 radical (unpaired) electrons. The lowest BCUT2D eigenvalue weighted by Crippen LogP contribution is -2.23. The lowest BCUT2D eigenvalue weighted by atomic mass is 9.96. The van der Waals surface area contributed by atoms with Gasteiger partial charge in [0.25, 0.3) is 5.56 Å². The second-order valence-corrected chi connectivity index (χ2v) is 6.00. The van der Waals surface area contributed by atoms with Crippen LogP contribution in [0.3, 0.4) is 0 Å². The summed E-state index contributed by atoms with van der Waals surface area (Å²) in [4.78, 5) is 24.7. The molecule has 27 heavy (non-hydrogen) atoms. The van der Waals surface area contributed by atoms with Crippen LogP contribution in [0.4, 0.5) is 5.95 Å². The van der Waals surface area contributed by atoms with Crippen LogP contribution in [0.1, 0.15) is 17.2 Å². The Morgan fingerprint density at radius 2 is 2.00 bits per heavy atom. The topological polar surface area (TPSA) is 95.9 Å². The number of aromatic nitrogens is 4. The molecule has 7 heteroatoms. The fourth-order valence-corrected chi connectivity index (χ4v) is 2.64. The number of benzene rings is 1. The zero-order chi connectivity index (χ0) is 19.4. The molecule has 1 unspecified atom stereocenters. The Morgan fingerprint density at radius 1 is 1.26 bits per heavy atom. The Bertz CT molecular complexity index is 1050. The van der Waals surface area contributed by atoms with E-state index < -0.39 is 0 Å². The van der Waals surface area contributed by atoms with E-state index >= 15 is 0 Å². The zero-order valence-electron chi connectivity index (χ0n) is 15.1. The van der Waals surface area contributed by atoms with Crippen molar-refractivity contribution in [1.29, 1.82) is 0 Å². The molecule has 1 atom stereocenters. The Morgan fingerprint density at radius 3 is 2.63 bits per heavy atom. The molecule has 3 aromatic rings. The van der Waals surface area contributed by atoms with Crippen molar-refractivity contribution >= 4 is 5.95 Å². The van der Waals surface area contributed by atoms with E-state index in [2.05, 4.69) is 20.9 Å². The standard InChI is InChI=1S/C20H19N5O2/c1-4-14(16-10-19(26)25(2)20(21)24-16)9-13-5-7-15(8-6-13)17-11-22-12-18(23-17)27-3/h1,5-8,10-12,14H,9H2,2-3H3,(H2,21,24).